The standard InChI is InChI=1S/C19H18N2O3/c1-2-19(15-11-7-4-8-12-15)17(23)21(18(24)20-19)13-16(22)14-9-5-3-6-10-14/h3-12H,2,13H2,1H3,(H,20,24)/t19-/m0/s1. The summed E-state index contributed by atoms with van der Waals surface area (Å²) in [7, 11) is 0. The second kappa shape index (κ2) is 6.28. The first-order valence-electron chi connectivity index (χ1n) is 7.86. The van der Waals surface area contributed by atoms with Gasteiger partial charge in [0.15, 0.2) is 5.78 Å². The van der Waals surface area contributed by atoms with Crippen molar-refractivity contribution in [3.05, 3.63) is 71.8 Å². The van der Waals surface area contributed by atoms with Crippen LogP contribution in [-0.2, 0) is 10.3 Å². The molecule has 1 atom stereocenters. The molecule has 5 nitrogen and oxygen atoms in total. The number of ketones is 1. The Hall–Kier alpha value is -2.95. The molecule has 0 unspecified atom stereocenters. The van der Waals surface area contributed by atoms with Gasteiger partial charge < -0.3 is 5.32 Å². The van der Waals surface area contributed by atoms with Crippen molar-refractivity contribution in [1.82, 2.24) is 10.2 Å². The molecule has 0 aliphatic carbocycles. The topological polar surface area (TPSA) is 66.5 Å². The molecule has 0 bridgehead atoms. The van der Waals surface area contributed by atoms with Crippen LogP contribution >= 0.6 is 0 Å². The fourth-order valence-corrected chi connectivity index (χ4v) is 2.99. The zero-order chi connectivity index (χ0) is 17.2. The smallest absolute Gasteiger partial charge is 0.319 e. The minimum atomic E-state index is -1.10. The molecule has 1 aliphatic heterocycles. The van der Waals surface area contributed by atoms with Crippen molar-refractivity contribution in [3.8, 4) is 0 Å². The van der Waals surface area contributed by atoms with Crippen LogP contribution < -0.4 is 5.32 Å². The summed E-state index contributed by atoms with van der Waals surface area (Å²) < 4.78 is 0. The van der Waals surface area contributed by atoms with Crippen LogP contribution in [0.2, 0.25) is 0 Å². The molecule has 3 amide bonds. The number of nitrogens with zero attached hydrogens (tertiary/aromatic N) is 1. The number of imide groups is 1. The summed E-state index contributed by atoms with van der Waals surface area (Å²) in [5, 5.41) is 2.78. The Balaban J connectivity index is 1.88. The maximum absolute atomic E-state index is 12.9. The van der Waals surface area contributed by atoms with E-state index in [1.807, 2.05) is 43.3 Å². The van der Waals surface area contributed by atoms with E-state index in [9.17, 15) is 14.4 Å². The van der Waals surface area contributed by atoms with Gasteiger partial charge in [0, 0.05) is 5.56 Å². The lowest BCUT2D eigenvalue weighted by molar-refractivity contribution is -0.131. The van der Waals surface area contributed by atoms with Gasteiger partial charge in [-0.25, -0.2) is 4.79 Å². The average molecular weight is 322 g/mol. The second-order valence-electron chi connectivity index (χ2n) is 5.74. The maximum Gasteiger partial charge on any atom is 0.325 e. The van der Waals surface area contributed by atoms with Gasteiger partial charge in [0.2, 0.25) is 0 Å². The van der Waals surface area contributed by atoms with Crippen LogP contribution in [0.25, 0.3) is 0 Å². The molecule has 0 spiro atoms. The van der Waals surface area contributed by atoms with Crippen molar-refractivity contribution in [2.75, 3.05) is 6.54 Å². The fourth-order valence-electron chi connectivity index (χ4n) is 2.99. The van der Waals surface area contributed by atoms with Crippen molar-refractivity contribution in [2.45, 2.75) is 18.9 Å². The summed E-state index contributed by atoms with van der Waals surface area (Å²) in [4.78, 5) is 38.6. The summed E-state index contributed by atoms with van der Waals surface area (Å²) in [5.41, 5.74) is 0.0993. The molecule has 0 aromatic heterocycles. The highest BCUT2D eigenvalue weighted by Crippen LogP contribution is 2.32. The molecular formula is C19H18N2O3. The fraction of sp³-hybridized carbons (Fsp3) is 0.211. The zero-order valence-corrected chi connectivity index (χ0v) is 13.4. The molecule has 0 saturated carbocycles. The van der Waals surface area contributed by atoms with E-state index in [1.165, 1.54) is 0 Å². The highest BCUT2D eigenvalue weighted by Gasteiger charge is 2.51. The third kappa shape index (κ3) is 2.58. The summed E-state index contributed by atoms with van der Waals surface area (Å²) in [6.45, 7) is 1.58. The number of urea groups is 1. The van der Waals surface area contributed by atoms with Gasteiger partial charge in [0.1, 0.15) is 5.54 Å². The summed E-state index contributed by atoms with van der Waals surface area (Å²) >= 11 is 0. The molecule has 1 N–H and O–H groups in total. The normalized spacial score (nSPS) is 20.1. The highest BCUT2D eigenvalue weighted by atomic mass is 16.2. The number of carbonyl (C=O) groups is 3. The van der Waals surface area contributed by atoms with Gasteiger partial charge in [0.05, 0.1) is 6.54 Å². The quantitative estimate of drug-likeness (QED) is 0.680. The Labute approximate surface area is 140 Å². The number of carbonyl (C=O) groups excluding carboxylic acids is 3. The van der Waals surface area contributed by atoms with Crippen molar-refractivity contribution in [3.63, 3.8) is 0 Å². The van der Waals surface area contributed by atoms with Gasteiger partial charge in [-0.1, -0.05) is 67.6 Å². The number of hydrogen-bond donors (Lipinski definition) is 1. The number of benzene rings is 2. The molecule has 24 heavy (non-hydrogen) atoms. The van der Waals surface area contributed by atoms with E-state index >= 15 is 0 Å². The van der Waals surface area contributed by atoms with Gasteiger partial charge in [-0.2, -0.15) is 0 Å². The van der Waals surface area contributed by atoms with Crippen LogP contribution in [0, 0.1) is 0 Å². The first-order chi connectivity index (χ1) is 11.6. The van der Waals surface area contributed by atoms with Gasteiger partial charge in [-0.15, -0.1) is 0 Å². The number of rotatable bonds is 5. The summed E-state index contributed by atoms with van der Waals surface area (Å²) in [6, 6.07) is 17.2. The van der Waals surface area contributed by atoms with E-state index < -0.39 is 11.6 Å². The number of nitrogens with one attached hydrogen (secondary N) is 1. The summed E-state index contributed by atoms with van der Waals surface area (Å²) in [6.07, 6.45) is 0.414. The van der Waals surface area contributed by atoms with E-state index in [1.54, 1.807) is 24.3 Å². The predicted octanol–water partition coefficient (Wildman–Crippen LogP) is 2.73. The Morgan fingerprint density at radius 1 is 1.00 bits per heavy atom. The third-order valence-electron chi connectivity index (χ3n) is 4.37. The molecule has 0 radical (unpaired) electrons. The Kier molecular flexibility index (Phi) is 4.16. The molecular weight excluding hydrogens is 304 g/mol. The van der Waals surface area contributed by atoms with Crippen LogP contribution in [0.5, 0.6) is 0 Å². The molecule has 2 aromatic carbocycles. The van der Waals surface area contributed by atoms with E-state index in [4.69, 9.17) is 0 Å². The lowest BCUT2D eigenvalue weighted by Gasteiger charge is -2.25. The van der Waals surface area contributed by atoms with E-state index in [0.29, 0.717) is 12.0 Å². The monoisotopic (exact) mass is 322 g/mol. The van der Waals surface area contributed by atoms with Crippen molar-refractivity contribution in [1.29, 1.82) is 0 Å². The molecule has 1 heterocycles. The van der Waals surface area contributed by atoms with Gasteiger partial charge in [-0.05, 0) is 12.0 Å². The minimum Gasteiger partial charge on any atom is -0.319 e. The zero-order valence-electron chi connectivity index (χ0n) is 13.4. The van der Waals surface area contributed by atoms with E-state index in [-0.39, 0.29) is 18.2 Å². The minimum absolute atomic E-state index is 0.261. The van der Waals surface area contributed by atoms with Crippen LogP contribution in [0.1, 0.15) is 29.3 Å². The predicted molar refractivity (Wildman–Crippen MR) is 89.4 cm³/mol. The van der Waals surface area contributed by atoms with Gasteiger partial charge in [-0.3, -0.25) is 14.5 Å². The molecule has 5 heteroatoms. The van der Waals surface area contributed by atoms with E-state index in [2.05, 4.69) is 5.32 Å². The lowest BCUT2D eigenvalue weighted by atomic mass is 9.87. The number of Topliss-reactive ketones (excluding diaryl/α,β-unsaturated/α-hetero) is 1. The molecule has 1 saturated heterocycles. The number of amides is 3. The third-order valence-corrected chi connectivity index (χ3v) is 4.37. The highest BCUT2D eigenvalue weighted by molar-refractivity contribution is 6.11. The second-order valence-corrected chi connectivity index (χ2v) is 5.74. The van der Waals surface area contributed by atoms with Crippen LogP contribution in [-0.4, -0.2) is 29.2 Å². The first-order valence-corrected chi connectivity index (χ1v) is 7.86. The number of hydrogen-bond acceptors (Lipinski definition) is 3. The first kappa shape index (κ1) is 15.9. The Morgan fingerprint density at radius 2 is 1.58 bits per heavy atom. The van der Waals surface area contributed by atoms with Crippen molar-refractivity contribution >= 4 is 17.7 Å². The Bertz CT molecular complexity index is 774. The molecule has 3 rings (SSSR count). The molecule has 1 aliphatic rings. The SMILES string of the molecule is CC[C@@]1(c2ccccc2)NC(=O)N(CC(=O)c2ccccc2)C1=O. The average Bonchev–Trinajstić information content (AvgIpc) is 2.88. The Morgan fingerprint density at radius 3 is 2.17 bits per heavy atom. The summed E-state index contributed by atoms with van der Waals surface area (Å²) in [5.74, 6) is -0.649. The maximum atomic E-state index is 12.9. The lowest BCUT2D eigenvalue weighted by Crippen LogP contribution is -2.43. The van der Waals surface area contributed by atoms with Crippen molar-refractivity contribution < 1.29 is 14.4 Å². The van der Waals surface area contributed by atoms with Crippen LogP contribution in [0.15, 0.2) is 60.7 Å². The molecule has 1 fully saturated rings. The van der Waals surface area contributed by atoms with E-state index in [0.717, 1.165) is 10.5 Å². The molecule has 122 valence electrons. The van der Waals surface area contributed by atoms with Crippen LogP contribution in [0.3, 0.4) is 0 Å². The largest absolute Gasteiger partial charge is 0.325 e. The van der Waals surface area contributed by atoms with Gasteiger partial charge in [0.25, 0.3) is 5.91 Å². The van der Waals surface area contributed by atoms with Crippen molar-refractivity contribution in [2.24, 2.45) is 0 Å². The van der Waals surface area contributed by atoms with Crippen LogP contribution in [0.4, 0.5) is 4.79 Å². The van der Waals surface area contributed by atoms with Gasteiger partial charge >= 0.3 is 6.03 Å². The molecule has 2 aromatic rings.